The molecule has 1 aromatic rings. The Morgan fingerprint density at radius 1 is 1.14 bits per heavy atom. The summed E-state index contributed by atoms with van der Waals surface area (Å²) in [6.07, 6.45) is 3.72. The largest absolute Gasteiger partial charge is 0.329 e. The van der Waals surface area contributed by atoms with Gasteiger partial charge in [-0.05, 0) is 31.4 Å². The molecule has 1 aliphatic heterocycles. The quantitative estimate of drug-likeness (QED) is 0.616. The molecule has 2 fully saturated rings. The molecule has 0 aromatic heterocycles. The molecule has 1 heterocycles. The van der Waals surface area contributed by atoms with E-state index in [4.69, 9.17) is 0 Å². The first-order valence-corrected chi connectivity index (χ1v) is 5.25. The molecule has 3 rings (SSSR count). The third-order valence-electron chi connectivity index (χ3n) is 3.32. The normalized spacial score (nSPS) is 28.7. The Balaban J connectivity index is 1.79. The zero-order valence-corrected chi connectivity index (χ0v) is 8.02. The number of carbonyl (C=O) groups is 1. The van der Waals surface area contributed by atoms with Crippen molar-refractivity contribution in [3.63, 3.8) is 0 Å². The number of piperidine rings is 1. The fourth-order valence-electron chi connectivity index (χ4n) is 2.57. The Morgan fingerprint density at radius 2 is 1.79 bits per heavy atom. The Kier molecular flexibility index (Phi) is 1.63. The average Bonchev–Trinajstić information content (AvgIpc) is 2.72. The van der Waals surface area contributed by atoms with Gasteiger partial charge in [0.1, 0.15) is 0 Å². The molecule has 2 aliphatic rings. The summed E-state index contributed by atoms with van der Waals surface area (Å²) in [5.74, 6) is 0.223. The predicted molar refractivity (Wildman–Crippen MR) is 54.0 cm³/mol. The van der Waals surface area contributed by atoms with Crippen molar-refractivity contribution in [2.75, 3.05) is 0 Å². The van der Waals surface area contributed by atoms with Gasteiger partial charge in [0.2, 0.25) is 0 Å². The van der Waals surface area contributed by atoms with Crippen molar-refractivity contribution in [1.82, 2.24) is 4.90 Å². The number of likely N-dealkylation sites (tertiary alicyclic amines) is 1. The van der Waals surface area contributed by atoms with Crippen LogP contribution in [0.1, 0.15) is 29.6 Å². The Bertz CT molecular complexity index is 350. The minimum Gasteiger partial charge on any atom is -0.329 e. The number of rotatable bonds is 1. The summed E-state index contributed by atoms with van der Waals surface area (Å²) in [4.78, 5) is 14.0. The van der Waals surface area contributed by atoms with Crippen LogP contribution in [0.2, 0.25) is 0 Å². The van der Waals surface area contributed by atoms with Gasteiger partial charge in [-0.2, -0.15) is 0 Å². The van der Waals surface area contributed by atoms with Crippen LogP contribution in [0.5, 0.6) is 0 Å². The lowest BCUT2D eigenvalue weighted by Crippen LogP contribution is -2.16. The Hall–Kier alpha value is -1.31. The third kappa shape index (κ3) is 1.07. The van der Waals surface area contributed by atoms with E-state index in [1.54, 1.807) is 0 Å². The maximum Gasteiger partial charge on any atom is 0.254 e. The van der Waals surface area contributed by atoms with Crippen molar-refractivity contribution in [2.24, 2.45) is 0 Å². The number of fused-ring (bicyclic) bond motifs is 1. The van der Waals surface area contributed by atoms with E-state index in [-0.39, 0.29) is 5.91 Å². The summed E-state index contributed by atoms with van der Waals surface area (Å²) < 4.78 is 0. The van der Waals surface area contributed by atoms with Gasteiger partial charge in [0.25, 0.3) is 5.91 Å². The molecule has 0 bridgehead atoms. The van der Waals surface area contributed by atoms with Crippen LogP contribution in [-0.2, 0) is 0 Å². The van der Waals surface area contributed by atoms with E-state index in [0.29, 0.717) is 12.1 Å². The van der Waals surface area contributed by atoms with E-state index in [2.05, 4.69) is 0 Å². The molecular weight excluding hydrogens is 174 g/mol. The highest BCUT2D eigenvalue weighted by Crippen LogP contribution is 2.43. The van der Waals surface area contributed by atoms with Crippen molar-refractivity contribution in [1.29, 1.82) is 0 Å². The fraction of sp³-hybridized carbons (Fsp3) is 0.417. The van der Waals surface area contributed by atoms with Crippen LogP contribution < -0.4 is 0 Å². The van der Waals surface area contributed by atoms with E-state index in [0.717, 1.165) is 5.56 Å². The van der Waals surface area contributed by atoms with Gasteiger partial charge in [-0.1, -0.05) is 18.2 Å². The van der Waals surface area contributed by atoms with Gasteiger partial charge >= 0.3 is 0 Å². The molecule has 1 saturated heterocycles. The van der Waals surface area contributed by atoms with Gasteiger partial charge in [-0.25, -0.2) is 0 Å². The summed E-state index contributed by atoms with van der Waals surface area (Å²) in [5.41, 5.74) is 0.835. The summed E-state index contributed by atoms with van der Waals surface area (Å²) in [6, 6.07) is 10.7. The standard InChI is InChI=1S/C12H13NO/c14-12(9-5-2-1-3-6-9)13-10-7-4-8-11(10)13/h1-3,5-6,10-11H,4,7-8H2. The van der Waals surface area contributed by atoms with Crippen LogP contribution in [0.15, 0.2) is 30.3 Å². The molecule has 1 saturated carbocycles. The molecule has 2 heteroatoms. The molecule has 1 aliphatic carbocycles. The number of benzene rings is 1. The molecule has 0 spiro atoms. The molecule has 14 heavy (non-hydrogen) atoms. The third-order valence-corrected chi connectivity index (χ3v) is 3.32. The number of nitrogens with zero attached hydrogens (tertiary/aromatic N) is 1. The monoisotopic (exact) mass is 187 g/mol. The zero-order valence-electron chi connectivity index (χ0n) is 8.02. The molecule has 0 radical (unpaired) electrons. The van der Waals surface area contributed by atoms with Gasteiger partial charge in [0.05, 0.1) is 12.1 Å². The van der Waals surface area contributed by atoms with Crippen LogP contribution in [0, 0.1) is 0 Å². The van der Waals surface area contributed by atoms with Gasteiger partial charge in [0, 0.05) is 5.56 Å². The Labute approximate surface area is 83.5 Å². The number of amides is 1. The summed E-state index contributed by atoms with van der Waals surface area (Å²) in [6.45, 7) is 0. The number of hydrogen-bond donors (Lipinski definition) is 0. The molecule has 2 nitrogen and oxygen atoms in total. The van der Waals surface area contributed by atoms with Crippen LogP contribution >= 0.6 is 0 Å². The van der Waals surface area contributed by atoms with Crippen molar-refractivity contribution in [2.45, 2.75) is 31.3 Å². The van der Waals surface area contributed by atoms with Gasteiger partial charge in [-0.15, -0.1) is 0 Å². The van der Waals surface area contributed by atoms with Gasteiger partial charge in [0.15, 0.2) is 0 Å². The first-order chi connectivity index (χ1) is 6.88. The van der Waals surface area contributed by atoms with E-state index in [9.17, 15) is 4.79 Å². The highest BCUT2D eigenvalue weighted by atomic mass is 16.2. The molecule has 2 atom stereocenters. The summed E-state index contributed by atoms with van der Waals surface area (Å²) >= 11 is 0. The van der Waals surface area contributed by atoms with Gasteiger partial charge in [-0.3, -0.25) is 4.79 Å². The fourth-order valence-corrected chi connectivity index (χ4v) is 2.57. The lowest BCUT2D eigenvalue weighted by Gasteiger charge is -2.07. The maximum absolute atomic E-state index is 11.9. The van der Waals surface area contributed by atoms with E-state index in [1.165, 1.54) is 19.3 Å². The summed E-state index contributed by atoms with van der Waals surface area (Å²) in [7, 11) is 0. The van der Waals surface area contributed by atoms with Crippen LogP contribution in [-0.4, -0.2) is 22.9 Å². The first-order valence-electron chi connectivity index (χ1n) is 5.25. The second kappa shape index (κ2) is 2.84. The van der Waals surface area contributed by atoms with Crippen molar-refractivity contribution < 1.29 is 4.79 Å². The summed E-state index contributed by atoms with van der Waals surface area (Å²) in [5, 5.41) is 0. The van der Waals surface area contributed by atoms with Crippen molar-refractivity contribution >= 4 is 5.91 Å². The van der Waals surface area contributed by atoms with Crippen molar-refractivity contribution in [3.8, 4) is 0 Å². The highest BCUT2D eigenvalue weighted by molar-refractivity contribution is 5.96. The molecule has 1 amide bonds. The van der Waals surface area contributed by atoms with E-state index >= 15 is 0 Å². The predicted octanol–water partition coefficient (Wildman–Crippen LogP) is 2.06. The van der Waals surface area contributed by atoms with Crippen molar-refractivity contribution in [3.05, 3.63) is 35.9 Å². The smallest absolute Gasteiger partial charge is 0.254 e. The molecular formula is C12H13NO. The van der Waals surface area contributed by atoms with Crippen LogP contribution in [0.3, 0.4) is 0 Å². The lowest BCUT2D eigenvalue weighted by molar-refractivity contribution is 0.0856. The van der Waals surface area contributed by atoms with E-state index < -0.39 is 0 Å². The molecule has 0 N–H and O–H groups in total. The SMILES string of the molecule is O=C(c1ccccc1)N1C2CCCC21. The number of carbonyl (C=O) groups excluding carboxylic acids is 1. The maximum atomic E-state index is 11.9. The second-order valence-corrected chi connectivity index (χ2v) is 4.14. The average molecular weight is 187 g/mol. The lowest BCUT2D eigenvalue weighted by atomic mass is 10.2. The zero-order chi connectivity index (χ0) is 9.54. The second-order valence-electron chi connectivity index (χ2n) is 4.14. The minimum absolute atomic E-state index is 0.223. The van der Waals surface area contributed by atoms with Gasteiger partial charge < -0.3 is 4.90 Å². The molecule has 1 aromatic carbocycles. The topological polar surface area (TPSA) is 20.1 Å². The first kappa shape index (κ1) is 8.04. The highest BCUT2D eigenvalue weighted by Gasteiger charge is 2.53. The molecule has 2 unspecified atom stereocenters. The molecule has 72 valence electrons. The van der Waals surface area contributed by atoms with Crippen LogP contribution in [0.4, 0.5) is 0 Å². The van der Waals surface area contributed by atoms with Crippen LogP contribution in [0.25, 0.3) is 0 Å². The minimum atomic E-state index is 0.223. The van der Waals surface area contributed by atoms with E-state index in [1.807, 2.05) is 35.2 Å². The Morgan fingerprint density at radius 3 is 2.43 bits per heavy atom. The number of hydrogen-bond acceptors (Lipinski definition) is 1.